The van der Waals surface area contributed by atoms with E-state index in [2.05, 4.69) is 0 Å². The minimum Gasteiger partial charge on any atom is -0.628 e. The van der Waals surface area contributed by atoms with Crippen LogP contribution in [0.4, 0.5) is 0 Å². The predicted octanol–water partition coefficient (Wildman–Crippen LogP) is 4.72. The lowest BCUT2D eigenvalue weighted by Gasteiger charge is -2.36. The SMILES string of the molecule is Cc1ccc(C(=O)/C(=C/[P+]2([O-])OCC(C)(C)CO2)c2ccc(C)cc2)cc1. The van der Waals surface area contributed by atoms with Crippen molar-refractivity contribution < 1.29 is 18.7 Å². The number of allylic oxidation sites excluding steroid dienone is 1. The highest BCUT2D eigenvalue weighted by Gasteiger charge is 2.40. The lowest BCUT2D eigenvalue weighted by Crippen LogP contribution is -2.34. The third-order valence-corrected chi connectivity index (χ3v) is 6.03. The molecule has 1 aliphatic rings. The van der Waals surface area contributed by atoms with Crippen LogP contribution in [0.15, 0.2) is 54.3 Å². The summed E-state index contributed by atoms with van der Waals surface area (Å²) in [6, 6.07) is 14.9. The van der Waals surface area contributed by atoms with Gasteiger partial charge in [-0.1, -0.05) is 73.5 Å². The maximum absolute atomic E-state index is 13.2. The zero-order valence-electron chi connectivity index (χ0n) is 16.2. The Morgan fingerprint density at radius 2 is 1.37 bits per heavy atom. The summed E-state index contributed by atoms with van der Waals surface area (Å²) < 4.78 is 11.1. The second-order valence-corrected chi connectivity index (χ2v) is 9.71. The molecule has 0 unspecified atom stereocenters. The highest BCUT2D eigenvalue weighted by Crippen LogP contribution is 2.60. The van der Waals surface area contributed by atoms with E-state index >= 15 is 0 Å². The minimum atomic E-state index is -3.49. The van der Waals surface area contributed by atoms with E-state index in [0.717, 1.165) is 11.1 Å². The molecule has 0 saturated carbocycles. The van der Waals surface area contributed by atoms with E-state index in [1.54, 1.807) is 12.1 Å². The number of carbonyl (C=O) groups is 1. The van der Waals surface area contributed by atoms with Crippen molar-refractivity contribution in [3.05, 3.63) is 76.6 Å². The molecule has 1 fully saturated rings. The van der Waals surface area contributed by atoms with Crippen LogP contribution in [-0.2, 0) is 9.05 Å². The largest absolute Gasteiger partial charge is 0.628 e. The summed E-state index contributed by atoms with van der Waals surface area (Å²) >= 11 is 0. The van der Waals surface area contributed by atoms with Gasteiger partial charge in [0.2, 0.25) is 0 Å². The van der Waals surface area contributed by atoms with Crippen molar-refractivity contribution in [2.24, 2.45) is 5.41 Å². The summed E-state index contributed by atoms with van der Waals surface area (Å²) in [6.45, 7) is 8.56. The van der Waals surface area contributed by atoms with Crippen LogP contribution in [0.1, 0.15) is 40.9 Å². The number of rotatable bonds is 4. The highest BCUT2D eigenvalue weighted by molar-refractivity contribution is 7.62. The van der Waals surface area contributed by atoms with Crippen LogP contribution in [0.5, 0.6) is 0 Å². The summed E-state index contributed by atoms with van der Waals surface area (Å²) in [7, 11) is -3.49. The molecule has 0 aliphatic carbocycles. The van der Waals surface area contributed by atoms with Gasteiger partial charge in [0.25, 0.3) is 7.94 Å². The van der Waals surface area contributed by atoms with Crippen molar-refractivity contribution >= 4 is 19.3 Å². The van der Waals surface area contributed by atoms with Crippen molar-refractivity contribution in [3.8, 4) is 0 Å². The summed E-state index contributed by atoms with van der Waals surface area (Å²) in [5.41, 5.74) is 3.52. The molecule has 4 nitrogen and oxygen atoms in total. The van der Waals surface area contributed by atoms with E-state index in [1.807, 2.05) is 64.1 Å². The Bertz CT molecular complexity index is 841. The molecular weight excluding hydrogens is 359 g/mol. The van der Waals surface area contributed by atoms with Gasteiger partial charge in [-0.2, -0.15) is 0 Å². The normalized spacial score (nSPS) is 18.9. The molecule has 3 rings (SSSR count). The average molecular weight is 384 g/mol. The summed E-state index contributed by atoms with van der Waals surface area (Å²) in [4.78, 5) is 26.3. The molecule has 0 aromatic heterocycles. The number of Topliss-reactive ketones (excluding diaryl/α,β-unsaturated/α-hetero) is 1. The van der Waals surface area contributed by atoms with Crippen molar-refractivity contribution in [2.45, 2.75) is 27.7 Å². The first-order valence-corrected chi connectivity index (χ1v) is 10.6. The molecule has 27 heavy (non-hydrogen) atoms. The summed E-state index contributed by atoms with van der Waals surface area (Å²) in [5.74, 6) is 1.18. The number of hydrogen-bond acceptors (Lipinski definition) is 4. The Morgan fingerprint density at radius 3 is 1.85 bits per heavy atom. The number of hydrogen-bond donors (Lipinski definition) is 0. The third-order valence-electron chi connectivity index (χ3n) is 4.48. The van der Waals surface area contributed by atoms with Gasteiger partial charge in [-0.05, 0) is 19.4 Å². The molecule has 0 amide bonds. The fraction of sp³-hybridized carbons (Fsp3) is 0.318. The second-order valence-electron chi connectivity index (χ2n) is 7.85. The fourth-order valence-electron chi connectivity index (χ4n) is 2.70. The van der Waals surface area contributed by atoms with Crippen LogP contribution in [0.2, 0.25) is 0 Å². The lowest BCUT2D eigenvalue weighted by molar-refractivity contribution is -0.228. The maximum Gasteiger partial charge on any atom is 0.264 e. The Kier molecular flexibility index (Phi) is 5.64. The van der Waals surface area contributed by atoms with E-state index in [1.165, 1.54) is 5.82 Å². The molecule has 142 valence electrons. The Hall–Kier alpha value is -1.84. The van der Waals surface area contributed by atoms with Gasteiger partial charge in [-0.15, -0.1) is 0 Å². The van der Waals surface area contributed by atoms with Gasteiger partial charge in [0.1, 0.15) is 19.0 Å². The van der Waals surface area contributed by atoms with Gasteiger partial charge < -0.3 is 4.89 Å². The topological polar surface area (TPSA) is 58.6 Å². The maximum atomic E-state index is 13.2. The molecule has 2 aromatic carbocycles. The molecule has 0 spiro atoms. The number of benzene rings is 2. The Morgan fingerprint density at radius 1 is 0.926 bits per heavy atom. The molecule has 0 radical (unpaired) electrons. The van der Waals surface area contributed by atoms with Gasteiger partial charge in [0.15, 0.2) is 5.78 Å². The van der Waals surface area contributed by atoms with E-state index in [4.69, 9.17) is 9.05 Å². The summed E-state index contributed by atoms with van der Waals surface area (Å²) in [5, 5.41) is 0. The van der Waals surface area contributed by atoms with E-state index in [-0.39, 0.29) is 11.2 Å². The van der Waals surface area contributed by atoms with Crippen molar-refractivity contribution in [1.82, 2.24) is 0 Å². The van der Waals surface area contributed by atoms with Gasteiger partial charge in [0.05, 0.1) is 5.57 Å². The molecule has 1 heterocycles. The van der Waals surface area contributed by atoms with Crippen molar-refractivity contribution in [1.29, 1.82) is 0 Å². The van der Waals surface area contributed by atoms with Gasteiger partial charge in [-0.25, -0.2) is 9.05 Å². The molecule has 1 aliphatic heterocycles. The zero-order valence-corrected chi connectivity index (χ0v) is 17.1. The third kappa shape index (κ3) is 4.91. The van der Waals surface area contributed by atoms with E-state index < -0.39 is 7.94 Å². The number of ketones is 1. The highest BCUT2D eigenvalue weighted by atomic mass is 31.2. The Labute approximate surface area is 161 Å². The standard InChI is InChI=1S/C22H25O4P/c1-16-5-9-18(10-6-16)20(21(23)19-11-7-17(2)8-12-19)13-27(24)25-14-22(3,4)15-26-27/h5-13H,14-15H2,1-4H3/b20-13+. The van der Waals surface area contributed by atoms with Crippen LogP contribution >= 0.6 is 7.94 Å². The molecule has 1 saturated heterocycles. The van der Waals surface area contributed by atoms with Crippen molar-refractivity contribution in [3.63, 3.8) is 0 Å². The zero-order chi connectivity index (χ0) is 19.7. The first kappa shape index (κ1) is 19.9. The lowest BCUT2D eigenvalue weighted by atomic mass is 9.97. The Balaban J connectivity index is 2.01. The minimum absolute atomic E-state index is 0.202. The average Bonchev–Trinajstić information content (AvgIpc) is 2.64. The summed E-state index contributed by atoms with van der Waals surface area (Å²) in [6.07, 6.45) is 0. The first-order chi connectivity index (χ1) is 12.7. The molecular formula is C22H25O4P. The van der Waals surface area contributed by atoms with Crippen LogP contribution in [0, 0.1) is 19.3 Å². The van der Waals surface area contributed by atoms with Crippen LogP contribution in [-0.4, -0.2) is 19.0 Å². The van der Waals surface area contributed by atoms with E-state index in [0.29, 0.717) is 29.9 Å². The van der Waals surface area contributed by atoms with Crippen molar-refractivity contribution in [2.75, 3.05) is 13.2 Å². The number of carbonyl (C=O) groups excluding carboxylic acids is 1. The first-order valence-electron chi connectivity index (χ1n) is 8.98. The quantitative estimate of drug-likeness (QED) is 0.435. The molecule has 2 aromatic rings. The van der Waals surface area contributed by atoms with Gasteiger partial charge in [-0.3, -0.25) is 4.79 Å². The molecule has 5 heteroatoms. The number of aryl methyl sites for hydroxylation is 2. The fourth-order valence-corrected chi connectivity index (χ4v) is 4.56. The second kappa shape index (κ2) is 7.65. The molecule has 0 N–H and O–H groups in total. The monoisotopic (exact) mass is 384 g/mol. The van der Waals surface area contributed by atoms with Crippen LogP contribution < -0.4 is 4.89 Å². The van der Waals surface area contributed by atoms with Gasteiger partial charge in [0, 0.05) is 11.0 Å². The van der Waals surface area contributed by atoms with Crippen LogP contribution in [0.3, 0.4) is 0 Å². The smallest absolute Gasteiger partial charge is 0.264 e. The van der Waals surface area contributed by atoms with Crippen LogP contribution in [0.25, 0.3) is 5.57 Å². The molecule has 0 bridgehead atoms. The van der Waals surface area contributed by atoms with Gasteiger partial charge >= 0.3 is 0 Å². The predicted molar refractivity (Wildman–Crippen MR) is 107 cm³/mol. The van der Waals surface area contributed by atoms with E-state index in [9.17, 15) is 9.69 Å². The molecule has 0 atom stereocenters.